The summed E-state index contributed by atoms with van der Waals surface area (Å²) in [7, 11) is 0. The summed E-state index contributed by atoms with van der Waals surface area (Å²) in [6.07, 6.45) is 8.88. The number of nitrogens with zero attached hydrogens (tertiary/aromatic N) is 2. The molecule has 1 aromatic rings. The quantitative estimate of drug-likeness (QED) is 0.891. The number of hydrogen-bond donors (Lipinski definition) is 2. The lowest BCUT2D eigenvalue weighted by atomic mass is 9.74. The first-order chi connectivity index (χ1) is 10.6. The molecule has 22 heavy (non-hydrogen) atoms. The molecule has 0 aromatic carbocycles. The molecular formula is C16H23N3O3. The van der Waals surface area contributed by atoms with Crippen molar-refractivity contribution in [2.24, 2.45) is 5.41 Å². The van der Waals surface area contributed by atoms with Crippen molar-refractivity contribution < 1.29 is 14.7 Å². The SMILES string of the molecule is O=C(NCC1(C(=O)O)CCCCC1)c1cnn2c1CCCC2. The first-order valence-electron chi connectivity index (χ1n) is 8.19. The molecule has 0 bridgehead atoms. The number of fused-ring (bicyclic) bond motifs is 1. The van der Waals surface area contributed by atoms with Gasteiger partial charge in [-0.05, 0) is 32.1 Å². The number of carboxylic acid groups (broad SMARTS) is 1. The Hall–Kier alpha value is -1.85. The van der Waals surface area contributed by atoms with Gasteiger partial charge in [0.05, 0.1) is 22.9 Å². The molecule has 0 atom stereocenters. The lowest BCUT2D eigenvalue weighted by Crippen LogP contribution is -2.44. The largest absolute Gasteiger partial charge is 0.481 e. The highest BCUT2D eigenvalue weighted by Crippen LogP contribution is 2.36. The van der Waals surface area contributed by atoms with Crippen molar-refractivity contribution in [3.63, 3.8) is 0 Å². The van der Waals surface area contributed by atoms with Crippen LogP contribution in [0, 0.1) is 5.41 Å². The highest BCUT2D eigenvalue weighted by atomic mass is 16.4. The smallest absolute Gasteiger partial charge is 0.311 e. The molecule has 0 saturated heterocycles. The van der Waals surface area contributed by atoms with Crippen molar-refractivity contribution in [1.29, 1.82) is 0 Å². The highest BCUT2D eigenvalue weighted by Gasteiger charge is 2.40. The summed E-state index contributed by atoms with van der Waals surface area (Å²) >= 11 is 0. The predicted octanol–water partition coefficient (Wildman–Crippen LogP) is 1.98. The molecule has 1 aromatic heterocycles. The van der Waals surface area contributed by atoms with Crippen molar-refractivity contribution in [3.05, 3.63) is 17.5 Å². The molecule has 2 heterocycles. The molecule has 1 aliphatic carbocycles. The topological polar surface area (TPSA) is 84.2 Å². The monoisotopic (exact) mass is 305 g/mol. The van der Waals surface area contributed by atoms with Crippen LogP contribution in [0.3, 0.4) is 0 Å². The fourth-order valence-corrected chi connectivity index (χ4v) is 3.65. The molecule has 1 amide bonds. The predicted molar refractivity (Wildman–Crippen MR) is 80.7 cm³/mol. The fourth-order valence-electron chi connectivity index (χ4n) is 3.65. The molecule has 1 aliphatic heterocycles. The lowest BCUT2D eigenvalue weighted by molar-refractivity contribution is -0.150. The summed E-state index contributed by atoms with van der Waals surface area (Å²) in [6, 6.07) is 0. The Balaban J connectivity index is 1.69. The van der Waals surface area contributed by atoms with Gasteiger partial charge in [-0.15, -0.1) is 0 Å². The van der Waals surface area contributed by atoms with Gasteiger partial charge in [0.2, 0.25) is 0 Å². The van der Waals surface area contributed by atoms with E-state index in [0.717, 1.165) is 50.8 Å². The third kappa shape index (κ3) is 2.74. The van der Waals surface area contributed by atoms with E-state index in [-0.39, 0.29) is 12.5 Å². The van der Waals surface area contributed by atoms with E-state index in [0.29, 0.717) is 18.4 Å². The van der Waals surface area contributed by atoms with Crippen LogP contribution < -0.4 is 5.32 Å². The van der Waals surface area contributed by atoms with Crippen molar-refractivity contribution >= 4 is 11.9 Å². The number of aryl methyl sites for hydroxylation is 1. The van der Waals surface area contributed by atoms with Crippen LogP contribution in [-0.4, -0.2) is 33.3 Å². The normalized spacial score (nSPS) is 20.2. The van der Waals surface area contributed by atoms with Gasteiger partial charge < -0.3 is 10.4 Å². The molecule has 1 fully saturated rings. The van der Waals surface area contributed by atoms with E-state index in [2.05, 4.69) is 10.4 Å². The van der Waals surface area contributed by atoms with Gasteiger partial charge in [-0.25, -0.2) is 0 Å². The molecule has 0 unspecified atom stereocenters. The standard InChI is InChI=1S/C16H23N3O3/c20-14(12-10-18-19-9-5-2-6-13(12)19)17-11-16(15(21)22)7-3-1-4-8-16/h10H,1-9,11H2,(H,17,20)(H,21,22). The summed E-state index contributed by atoms with van der Waals surface area (Å²) in [5, 5.41) is 16.7. The number of carboxylic acids is 1. The van der Waals surface area contributed by atoms with E-state index < -0.39 is 11.4 Å². The Kier molecular flexibility index (Phi) is 4.18. The van der Waals surface area contributed by atoms with Crippen LogP contribution in [0.1, 0.15) is 61.0 Å². The second-order valence-corrected chi connectivity index (χ2v) is 6.51. The maximum Gasteiger partial charge on any atom is 0.311 e. The maximum absolute atomic E-state index is 12.4. The van der Waals surface area contributed by atoms with Crippen LogP contribution in [0.4, 0.5) is 0 Å². The Morgan fingerprint density at radius 1 is 1.23 bits per heavy atom. The van der Waals surface area contributed by atoms with E-state index in [9.17, 15) is 14.7 Å². The first kappa shape index (κ1) is 15.1. The number of amides is 1. The second-order valence-electron chi connectivity index (χ2n) is 6.51. The number of aromatic nitrogens is 2. The molecule has 6 heteroatoms. The summed E-state index contributed by atoms with van der Waals surface area (Å²) < 4.78 is 1.89. The molecule has 0 spiro atoms. The fraction of sp³-hybridized carbons (Fsp3) is 0.688. The summed E-state index contributed by atoms with van der Waals surface area (Å²) in [6.45, 7) is 1.08. The van der Waals surface area contributed by atoms with Gasteiger partial charge in [-0.1, -0.05) is 19.3 Å². The van der Waals surface area contributed by atoms with Crippen LogP contribution in [0.25, 0.3) is 0 Å². The minimum absolute atomic E-state index is 0.186. The molecule has 0 radical (unpaired) electrons. The van der Waals surface area contributed by atoms with Gasteiger partial charge in [-0.2, -0.15) is 5.10 Å². The number of carbonyl (C=O) groups excluding carboxylic acids is 1. The molecule has 2 N–H and O–H groups in total. The number of nitrogens with one attached hydrogen (secondary N) is 1. The van der Waals surface area contributed by atoms with Crippen LogP contribution in [0.5, 0.6) is 0 Å². The van der Waals surface area contributed by atoms with Crippen LogP contribution in [-0.2, 0) is 17.8 Å². The molecule has 2 aliphatic rings. The van der Waals surface area contributed by atoms with Crippen LogP contribution in [0.15, 0.2) is 6.20 Å². The summed E-state index contributed by atoms with van der Waals surface area (Å²) in [5.41, 5.74) is 0.800. The summed E-state index contributed by atoms with van der Waals surface area (Å²) in [5.74, 6) is -0.973. The zero-order valence-corrected chi connectivity index (χ0v) is 12.8. The van der Waals surface area contributed by atoms with E-state index >= 15 is 0 Å². The maximum atomic E-state index is 12.4. The van der Waals surface area contributed by atoms with Crippen molar-refractivity contribution in [3.8, 4) is 0 Å². The third-order valence-corrected chi connectivity index (χ3v) is 5.08. The minimum Gasteiger partial charge on any atom is -0.481 e. The average molecular weight is 305 g/mol. The number of carbonyl (C=O) groups is 2. The van der Waals surface area contributed by atoms with E-state index in [1.165, 1.54) is 0 Å². The highest BCUT2D eigenvalue weighted by molar-refractivity contribution is 5.95. The van der Waals surface area contributed by atoms with Crippen molar-refractivity contribution in [2.75, 3.05) is 6.54 Å². The third-order valence-electron chi connectivity index (χ3n) is 5.08. The van der Waals surface area contributed by atoms with Gasteiger partial charge in [0.15, 0.2) is 0 Å². The number of aliphatic carboxylic acids is 1. The Bertz CT molecular complexity index is 573. The van der Waals surface area contributed by atoms with Crippen molar-refractivity contribution in [1.82, 2.24) is 15.1 Å². The Labute approximate surface area is 129 Å². The summed E-state index contributed by atoms with van der Waals surface area (Å²) in [4.78, 5) is 24.1. The molecular weight excluding hydrogens is 282 g/mol. The molecule has 1 saturated carbocycles. The van der Waals surface area contributed by atoms with Crippen LogP contribution >= 0.6 is 0 Å². The number of hydrogen-bond acceptors (Lipinski definition) is 3. The minimum atomic E-state index is -0.791. The van der Waals surface area contributed by atoms with Crippen LogP contribution in [0.2, 0.25) is 0 Å². The average Bonchev–Trinajstić information content (AvgIpc) is 2.97. The zero-order chi connectivity index (χ0) is 15.6. The van der Waals surface area contributed by atoms with E-state index in [1.807, 2.05) is 4.68 Å². The van der Waals surface area contributed by atoms with Gasteiger partial charge >= 0.3 is 5.97 Å². The Morgan fingerprint density at radius 2 is 2.00 bits per heavy atom. The first-order valence-corrected chi connectivity index (χ1v) is 8.19. The van der Waals surface area contributed by atoms with Crippen molar-refractivity contribution in [2.45, 2.75) is 57.9 Å². The van der Waals surface area contributed by atoms with E-state index in [4.69, 9.17) is 0 Å². The number of rotatable bonds is 4. The zero-order valence-electron chi connectivity index (χ0n) is 12.8. The van der Waals surface area contributed by atoms with Gasteiger partial charge in [0.25, 0.3) is 5.91 Å². The van der Waals surface area contributed by atoms with E-state index in [1.54, 1.807) is 6.20 Å². The van der Waals surface area contributed by atoms with Gasteiger partial charge in [0.1, 0.15) is 0 Å². The van der Waals surface area contributed by atoms with Gasteiger partial charge in [-0.3, -0.25) is 14.3 Å². The molecule has 3 rings (SSSR count). The molecule has 120 valence electrons. The van der Waals surface area contributed by atoms with Gasteiger partial charge in [0, 0.05) is 13.1 Å². The molecule has 6 nitrogen and oxygen atoms in total. The Morgan fingerprint density at radius 3 is 2.73 bits per heavy atom. The second kappa shape index (κ2) is 6.10. The lowest BCUT2D eigenvalue weighted by Gasteiger charge is -2.33.